The molecule has 3 N–H and O–H groups in total. The lowest BCUT2D eigenvalue weighted by molar-refractivity contribution is 0.0529. The van der Waals surface area contributed by atoms with E-state index >= 15 is 0 Å². The van der Waals surface area contributed by atoms with Gasteiger partial charge < -0.3 is 25.1 Å². The molecule has 0 saturated carbocycles. The minimum Gasteiger partial charge on any atom is -0.444 e. The zero-order chi connectivity index (χ0) is 25.6. The molecule has 1 aliphatic heterocycles. The van der Waals surface area contributed by atoms with Crippen molar-refractivity contribution in [2.45, 2.75) is 32.5 Å². The van der Waals surface area contributed by atoms with E-state index in [0.29, 0.717) is 34.5 Å². The largest absolute Gasteiger partial charge is 0.444 e. The first-order valence-corrected chi connectivity index (χ1v) is 12.3. The van der Waals surface area contributed by atoms with Gasteiger partial charge in [-0.25, -0.2) is 15.0 Å². The van der Waals surface area contributed by atoms with Crippen molar-refractivity contribution in [3.05, 3.63) is 45.6 Å². The normalized spacial score (nSPS) is 15.5. The van der Waals surface area contributed by atoms with Crippen molar-refractivity contribution < 1.29 is 23.9 Å². The summed E-state index contributed by atoms with van der Waals surface area (Å²) in [5.74, 6) is -0.255. The quantitative estimate of drug-likeness (QED) is 0.430. The number of ether oxygens (including phenoxy) is 2. The maximum atomic E-state index is 12.4. The molecule has 10 nitrogen and oxygen atoms in total. The number of carbonyl (C=O) groups is 3. The number of carbonyl (C=O) groups excluding carboxylic acids is 3. The molecule has 0 aliphatic carbocycles. The summed E-state index contributed by atoms with van der Waals surface area (Å²) in [5.41, 5.74) is 4.06. The average molecular weight is 524 g/mol. The van der Waals surface area contributed by atoms with Crippen LogP contribution in [0.4, 0.5) is 21.0 Å². The van der Waals surface area contributed by atoms with Crippen LogP contribution in [0.15, 0.2) is 36.4 Å². The molecule has 190 valence electrons. The minimum absolute atomic E-state index is 0.201. The van der Waals surface area contributed by atoms with Gasteiger partial charge in [-0.1, -0.05) is 11.6 Å². The number of hydrogen-bond acceptors (Lipinski definition) is 8. The van der Waals surface area contributed by atoms with E-state index in [2.05, 4.69) is 16.1 Å². The van der Waals surface area contributed by atoms with Crippen molar-refractivity contribution >= 4 is 52.4 Å². The highest BCUT2D eigenvalue weighted by molar-refractivity contribution is 7.18. The predicted molar refractivity (Wildman–Crippen MR) is 136 cm³/mol. The highest BCUT2D eigenvalue weighted by Crippen LogP contribution is 2.25. The molecule has 0 radical (unpaired) electrons. The van der Waals surface area contributed by atoms with Gasteiger partial charge in [0.25, 0.3) is 5.91 Å². The second-order valence-electron chi connectivity index (χ2n) is 8.75. The molecule has 12 heteroatoms. The highest BCUT2D eigenvalue weighted by Gasteiger charge is 2.32. The molecule has 3 amide bonds. The van der Waals surface area contributed by atoms with Crippen LogP contribution < -0.4 is 26.0 Å². The van der Waals surface area contributed by atoms with Crippen LogP contribution in [0.1, 0.15) is 30.4 Å². The summed E-state index contributed by atoms with van der Waals surface area (Å²) in [6.45, 7) is 6.82. The summed E-state index contributed by atoms with van der Waals surface area (Å²) in [5, 5.41) is 7.36. The third-order valence-electron chi connectivity index (χ3n) is 4.91. The van der Waals surface area contributed by atoms with Gasteiger partial charge in [-0.2, -0.15) is 0 Å². The first-order valence-electron chi connectivity index (χ1n) is 11.1. The molecule has 1 fully saturated rings. The molecule has 1 aliphatic rings. The van der Waals surface area contributed by atoms with Gasteiger partial charge in [-0.05, 0) is 57.2 Å². The number of hydrogen-bond donors (Lipinski definition) is 3. The van der Waals surface area contributed by atoms with Crippen molar-refractivity contribution in [1.82, 2.24) is 16.1 Å². The zero-order valence-corrected chi connectivity index (χ0v) is 21.7. The number of anilines is 2. The van der Waals surface area contributed by atoms with Crippen molar-refractivity contribution in [3.63, 3.8) is 0 Å². The Morgan fingerprint density at radius 3 is 2.51 bits per heavy atom. The molecule has 1 saturated heterocycles. The van der Waals surface area contributed by atoms with E-state index in [-0.39, 0.29) is 12.5 Å². The molecular weight excluding hydrogens is 494 g/mol. The lowest BCUT2D eigenvalue weighted by Gasteiger charge is -2.25. The standard InChI is InChI=1S/C23H30ClN5O5S/c1-23(2,3)34-21(31)26-11-12-29(25-4)16-7-5-15(6-8-16)28-14-17(33-22(28)32)13-27-20(30)18-9-10-19(24)35-18/h5-10,17,25H,11-14H2,1-4H3,(H,26,31)(H,27,30)/t17-/m0/s1. The molecule has 0 bridgehead atoms. The first kappa shape index (κ1) is 26.6. The van der Waals surface area contributed by atoms with Crippen LogP contribution in [0.2, 0.25) is 4.34 Å². The Morgan fingerprint density at radius 2 is 1.91 bits per heavy atom. The molecule has 0 unspecified atom stereocenters. The second kappa shape index (κ2) is 11.6. The van der Waals surface area contributed by atoms with Gasteiger partial charge in [0.05, 0.1) is 34.5 Å². The number of thiophene rings is 1. The zero-order valence-electron chi connectivity index (χ0n) is 20.1. The van der Waals surface area contributed by atoms with Crippen molar-refractivity contribution in [1.29, 1.82) is 0 Å². The Labute approximate surface area is 213 Å². The number of nitrogens with zero attached hydrogens (tertiary/aromatic N) is 2. The fourth-order valence-electron chi connectivity index (χ4n) is 3.34. The van der Waals surface area contributed by atoms with Crippen LogP contribution in [0.25, 0.3) is 0 Å². The molecule has 1 aromatic heterocycles. The number of amides is 3. The summed E-state index contributed by atoms with van der Waals surface area (Å²) in [4.78, 5) is 38.4. The average Bonchev–Trinajstić information content (AvgIpc) is 3.39. The summed E-state index contributed by atoms with van der Waals surface area (Å²) in [7, 11) is 1.78. The van der Waals surface area contributed by atoms with E-state index in [4.69, 9.17) is 21.1 Å². The highest BCUT2D eigenvalue weighted by atomic mass is 35.5. The molecule has 0 spiro atoms. The number of nitrogens with one attached hydrogen (secondary N) is 3. The Bertz CT molecular complexity index is 1040. The molecule has 35 heavy (non-hydrogen) atoms. The van der Waals surface area contributed by atoms with E-state index in [1.165, 1.54) is 16.2 Å². The van der Waals surface area contributed by atoms with Gasteiger partial charge in [0.2, 0.25) is 0 Å². The third-order valence-corrected chi connectivity index (χ3v) is 6.14. The van der Waals surface area contributed by atoms with Crippen molar-refractivity contribution in [2.24, 2.45) is 0 Å². The second-order valence-corrected chi connectivity index (χ2v) is 10.5. The van der Waals surface area contributed by atoms with Crippen LogP contribution in [-0.2, 0) is 9.47 Å². The predicted octanol–water partition coefficient (Wildman–Crippen LogP) is 3.62. The van der Waals surface area contributed by atoms with Gasteiger partial charge in [0, 0.05) is 19.3 Å². The summed E-state index contributed by atoms with van der Waals surface area (Å²) in [6, 6.07) is 10.7. The van der Waals surface area contributed by atoms with Gasteiger partial charge in [-0.15, -0.1) is 11.3 Å². The van der Waals surface area contributed by atoms with Crippen LogP contribution in [0, 0.1) is 0 Å². The number of rotatable bonds is 9. The summed E-state index contributed by atoms with van der Waals surface area (Å²) < 4.78 is 11.2. The smallest absolute Gasteiger partial charge is 0.414 e. The SMILES string of the molecule is CNN(CCNC(=O)OC(C)(C)C)c1ccc(N2C[C@H](CNC(=O)c3ccc(Cl)s3)OC2=O)cc1. The van der Waals surface area contributed by atoms with Gasteiger partial charge >= 0.3 is 12.2 Å². The maximum absolute atomic E-state index is 12.4. The van der Waals surface area contributed by atoms with Crippen molar-refractivity contribution in [2.75, 3.05) is 43.1 Å². The van der Waals surface area contributed by atoms with E-state index in [1.54, 1.807) is 19.2 Å². The Kier molecular flexibility index (Phi) is 8.82. The van der Waals surface area contributed by atoms with Gasteiger partial charge in [-0.3, -0.25) is 9.69 Å². The van der Waals surface area contributed by atoms with Crippen LogP contribution in [0.5, 0.6) is 0 Å². The molecule has 2 heterocycles. The summed E-state index contributed by atoms with van der Waals surface area (Å²) in [6.07, 6.45) is -1.40. The van der Waals surface area contributed by atoms with Crippen molar-refractivity contribution in [3.8, 4) is 0 Å². The fraction of sp³-hybridized carbons (Fsp3) is 0.435. The molecule has 2 aromatic rings. The van der Waals surface area contributed by atoms with Crippen LogP contribution >= 0.6 is 22.9 Å². The van der Waals surface area contributed by atoms with Gasteiger partial charge in [0.15, 0.2) is 0 Å². The Hall–Kier alpha value is -3.02. The number of cyclic esters (lactones) is 1. The number of alkyl carbamates (subject to hydrolysis) is 1. The van der Waals surface area contributed by atoms with E-state index < -0.39 is 23.9 Å². The topological polar surface area (TPSA) is 112 Å². The third kappa shape index (κ3) is 7.74. The maximum Gasteiger partial charge on any atom is 0.414 e. The van der Waals surface area contributed by atoms with E-state index in [0.717, 1.165) is 5.69 Å². The number of hydrazine groups is 1. The first-order chi connectivity index (χ1) is 16.6. The molecular formula is C23H30ClN5O5S. The fourth-order valence-corrected chi connectivity index (χ4v) is 4.29. The molecule has 1 atom stereocenters. The molecule has 3 rings (SSSR count). The van der Waals surface area contributed by atoms with E-state index in [1.807, 2.05) is 50.0 Å². The lowest BCUT2D eigenvalue weighted by atomic mass is 10.2. The van der Waals surface area contributed by atoms with Gasteiger partial charge in [0.1, 0.15) is 11.7 Å². The Morgan fingerprint density at radius 1 is 1.20 bits per heavy atom. The van der Waals surface area contributed by atoms with E-state index in [9.17, 15) is 14.4 Å². The monoisotopic (exact) mass is 523 g/mol. The number of benzene rings is 1. The molecule has 1 aromatic carbocycles. The lowest BCUT2D eigenvalue weighted by Crippen LogP contribution is -2.42. The van der Waals surface area contributed by atoms with Crippen LogP contribution in [-0.4, -0.2) is 63.0 Å². The minimum atomic E-state index is -0.553. The Balaban J connectivity index is 1.50. The summed E-state index contributed by atoms with van der Waals surface area (Å²) >= 11 is 7.06. The van der Waals surface area contributed by atoms with Crippen LogP contribution in [0.3, 0.4) is 0 Å². The number of halogens is 1.